The SMILES string of the molecule is NCC1CCCCC1Nc1nccc2c(Br)cccc12. The Balaban J connectivity index is 1.92. The lowest BCUT2D eigenvalue weighted by Crippen LogP contribution is -2.37. The first-order valence-corrected chi connectivity index (χ1v) is 8.08. The van der Waals surface area contributed by atoms with E-state index in [1.54, 1.807) is 0 Å². The maximum absolute atomic E-state index is 5.92. The van der Waals surface area contributed by atoms with Crippen LogP contribution in [0.3, 0.4) is 0 Å². The molecule has 20 heavy (non-hydrogen) atoms. The summed E-state index contributed by atoms with van der Waals surface area (Å²) in [4.78, 5) is 4.54. The van der Waals surface area contributed by atoms with E-state index >= 15 is 0 Å². The number of halogens is 1. The standard InChI is InChI=1S/C16H20BrN3/c17-14-6-3-5-13-12(14)8-9-19-16(13)20-15-7-2-1-4-11(15)10-18/h3,5-6,8-9,11,15H,1-2,4,7,10,18H2,(H,19,20). The minimum absolute atomic E-state index is 0.450. The van der Waals surface area contributed by atoms with Crippen molar-refractivity contribution in [3.05, 3.63) is 34.9 Å². The summed E-state index contributed by atoms with van der Waals surface area (Å²) in [6.07, 6.45) is 6.86. The van der Waals surface area contributed by atoms with E-state index in [-0.39, 0.29) is 0 Å². The third-order valence-electron chi connectivity index (χ3n) is 4.29. The van der Waals surface area contributed by atoms with Crippen LogP contribution in [-0.2, 0) is 0 Å². The number of rotatable bonds is 3. The molecule has 0 bridgehead atoms. The fourth-order valence-corrected chi connectivity index (χ4v) is 3.64. The second-order valence-corrected chi connectivity index (χ2v) is 6.38. The fraction of sp³-hybridized carbons (Fsp3) is 0.438. The van der Waals surface area contributed by atoms with E-state index in [9.17, 15) is 0 Å². The fourth-order valence-electron chi connectivity index (χ4n) is 3.14. The van der Waals surface area contributed by atoms with E-state index in [0.717, 1.165) is 16.8 Å². The average molecular weight is 334 g/mol. The van der Waals surface area contributed by atoms with Crippen molar-refractivity contribution >= 4 is 32.5 Å². The third kappa shape index (κ3) is 2.67. The summed E-state index contributed by atoms with van der Waals surface area (Å²) in [6, 6.07) is 8.74. The summed E-state index contributed by atoms with van der Waals surface area (Å²) in [6.45, 7) is 0.756. The van der Waals surface area contributed by atoms with Gasteiger partial charge in [-0.2, -0.15) is 0 Å². The molecular formula is C16H20BrN3. The predicted molar refractivity (Wildman–Crippen MR) is 87.9 cm³/mol. The van der Waals surface area contributed by atoms with Gasteiger partial charge >= 0.3 is 0 Å². The van der Waals surface area contributed by atoms with Gasteiger partial charge in [-0.3, -0.25) is 0 Å². The first-order valence-electron chi connectivity index (χ1n) is 7.29. The van der Waals surface area contributed by atoms with Crippen LogP contribution in [0.5, 0.6) is 0 Å². The van der Waals surface area contributed by atoms with Crippen molar-refractivity contribution in [3.8, 4) is 0 Å². The molecule has 0 spiro atoms. The first-order chi connectivity index (χ1) is 9.79. The second kappa shape index (κ2) is 6.10. The van der Waals surface area contributed by atoms with Crippen LogP contribution in [0.2, 0.25) is 0 Å². The van der Waals surface area contributed by atoms with Gasteiger partial charge in [0.1, 0.15) is 5.82 Å². The molecule has 1 aromatic heterocycles. The molecule has 2 aromatic rings. The minimum atomic E-state index is 0.450. The Morgan fingerprint density at radius 1 is 1.20 bits per heavy atom. The number of anilines is 1. The number of benzene rings is 1. The zero-order valence-corrected chi connectivity index (χ0v) is 13.1. The van der Waals surface area contributed by atoms with Gasteiger partial charge in [0.05, 0.1) is 0 Å². The van der Waals surface area contributed by atoms with Gasteiger partial charge in [0.15, 0.2) is 0 Å². The highest BCUT2D eigenvalue weighted by Crippen LogP contribution is 2.31. The van der Waals surface area contributed by atoms with Crippen LogP contribution in [0, 0.1) is 5.92 Å². The lowest BCUT2D eigenvalue weighted by Gasteiger charge is -2.32. The monoisotopic (exact) mass is 333 g/mol. The van der Waals surface area contributed by atoms with E-state index in [1.165, 1.54) is 36.5 Å². The molecular weight excluding hydrogens is 314 g/mol. The zero-order valence-electron chi connectivity index (χ0n) is 11.5. The molecule has 2 unspecified atom stereocenters. The van der Waals surface area contributed by atoms with Crippen molar-refractivity contribution in [1.29, 1.82) is 0 Å². The summed E-state index contributed by atoms with van der Waals surface area (Å²) in [7, 11) is 0. The molecule has 1 aromatic carbocycles. The van der Waals surface area contributed by atoms with E-state index in [0.29, 0.717) is 12.0 Å². The van der Waals surface area contributed by atoms with Gasteiger partial charge in [0.25, 0.3) is 0 Å². The van der Waals surface area contributed by atoms with Crippen molar-refractivity contribution in [2.75, 3.05) is 11.9 Å². The van der Waals surface area contributed by atoms with Crippen molar-refractivity contribution in [3.63, 3.8) is 0 Å². The number of pyridine rings is 1. The topological polar surface area (TPSA) is 50.9 Å². The number of hydrogen-bond acceptors (Lipinski definition) is 3. The van der Waals surface area contributed by atoms with Crippen molar-refractivity contribution in [2.24, 2.45) is 11.7 Å². The Morgan fingerprint density at radius 3 is 2.90 bits per heavy atom. The Morgan fingerprint density at radius 2 is 2.05 bits per heavy atom. The molecule has 0 radical (unpaired) electrons. The number of nitrogens with zero attached hydrogens (tertiary/aromatic N) is 1. The summed E-state index contributed by atoms with van der Waals surface area (Å²) in [5.74, 6) is 1.54. The van der Waals surface area contributed by atoms with E-state index in [2.05, 4.69) is 44.4 Å². The van der Waals surface area contributed by atoms with Gasteiger partial charge in [-0.25, -0.2) is 4.98 Å². The number of fused-ring (bicyclic) bond motifs is 1. The molecule has 3 nitrogen and oxygen atoms in total. The minimum Gasteiger partial charge on any atom is -0.367 e. The molecule has 1 fully saturated rings. The van der Waals surface area contributed by atoms with Crippen LogP contribution in [0.4, 0.5) is 5.82 Å². The smallest absolute Gasteiger partial charge is 0.134 e. The van der Waals surface area contributed by atoms with Crippen molar-refractivity contribution in [1.82, 2.24) is 4.98 Å². The lowest BCUT2D eigenvalue weighted by molar-refractivity contribution is 0.332. The van der Waals surface area contributed by atoms with Crippen LogP contribution < -0.4 is 11.1 Å². The van der Waals surface area contributed by atoms with E-state index in [1.807, 2.05) is 12.3 Å². The highest BCUT2D eigenvalue weighted by molar-refractivity contribution is 9.10. The summed E-state index contributed by atoms with van der Waals surface area (Å²) in [5.41, 5.74) is 5.92. The van der Waals surface area contributed by atoms with Gasteiger partial charge in [0.2, 0.25) is 0 Å². The third-order valence-corrected chi connectivity index (χ3v) is 4.98. The normalized spacial score (nSPS) is 22.9. The highest BCUT2D eigenvalue weighted by atomic mass is 79.9. The van der Waals surface area contributed by atoms with Crippen LogP contribution in [0.15, 0.2) is 34.9 Å². The van der Waals surface area contributed by atoms with Crippen molar-refractivity contribution < 1.29 is 0 Å². The van der Waals surface area contributed by atoms with E-state index in [4.69, 9.17) is 5.73 Å². The number of hydrogen-bond donors (Lipinski definition) is 2. The molecule has 0 amide bonds. The summed E-state index contributed by atoms with van der Waals surface area (Å²) < 4.78 is 1.11. The number of aromatic nitrogens is 1. The molecule has 3 rings (SSSR count). The predicted octanol–water partition coefficient (Wildman–Crippen LogP) is 3.93. The molecule has 2 atom stereocenters. The molecule has 1 aliphatic rings. The summed E-state index contributed by atoms with van der Waals surface area (Å²) in [5, 5.41) is 6.01. The lowest BCUT2D eigenvalue weighted by atomic mass is 9.84. The highest BCUT2D eigenvalue weighted by Gasteiger charge is 2.24. The van der Waals surface area contributed by atoms with Gasteiger partial charge in [0, 0.05) is 27.5 Å². The molecule has 106 valence electrons. The maximum Gasteiger partial charge on any atom is 0.134 e. The average Bonchev–Trinajstić information content (AvgIpc) is 2.49. The maximum atomic E-state index is 5.92. The van der Waals surface area contributed by atoms with Crippen molar-refractivity contribution in [2.45, 2.75) is 31.7 Å². The zero-order chi connectivity index (χ0) is 13.9. The molecule has 0 aliphatic heterocycles. The largest absolute Gasteiger partial charge is 0.367 e. The van der Waals surface area contributed by atoms with Crippen LogP contribution in [0.1, 0.15) is 25.7 Å². The molecule has 1 saturated carbocycles. The Labute approximate surface area is 128 Å². The number of nitrogens with two attached hydrogens (primary N) is 1. The molecule has 1 heterocycles. The Bertz CT molecular complexity index is 599. The van der Waals surface area contributed by atoms with Crippen LogP contribution >= 0.6 is 15.9 Å². The van der Waals surface area contributed by atoms with Gasteiger partial charge in [-0.05, 0) is 37.4 Å². The molecule has 0 saturated heterocycles. The first kappa shape index (κ1) is 13.8. The van der Waals surface area contributed by atoms with Gasteiger partial charge in [-0.1, -0.05) is 40.9 Å². The van der Waals surface area contributed by atoms with Crippen LogP contribution in [-0.4, -0.2) is 17.6 Å². The van der Waals surface area contributed by atoms with Crippen LogP contribution in [0.25, 0.3) is 10.8 Å². The number of nitrogens with one attached hydrogen (secondary N) is 1. The Hall–Kier alpha value is -1.13. The molecule has 4 heteroatoms. The quantitative estimate of drug-likeness (QED) is 0.894. The molecule has 1 aliphatic carbocycles. The summed E-state index contributed by atoms with van der Waals surface area (Å²) >= 11 is 3.61. The Kier molecular flexibility index (Phi) is 4.22. The van der Waals surface area contributed by atoms with Gasteiger partial charge in [-0.15, -0.1) is 0 Å². The molecule has 3 N–H and O–H groups in total. The second-order valence-electron chi connectivity index (χ2n) is 5.53. The van der Waals surface area contributed by atoms with E-state index < -0.39 is 0 Å². The van der Waals surface area contributed by atoms with Gasteiger partial charge < -0.3 is 11.1 Å².